The van der Waals surface area contributed by atoms with E-state index in [1.165, 1.54) is 12.1 Å². The van der Waals surface area contributed by atoms with Crippen LogP contribution in [0.1, 0.15) is 11.1 Å². The molecule has 0 radical (unpaired) electrons. The van der Waals surface area contributed by atoms with Crippen LogP contribution in [0, 0.1) is 0 Å². The second kappa shape index (κ2) is 5.79. The van der Waals surface area contributed by atoms with Gasteiger partial charge in [0.05, 0.1) is 5.52 Å². The van der Waals surface area contributed by atoms with Crippen molar-refractivity contribution in [1.29, 1.82) is 0 Å². The summed E-state index contributed by atoms with van der Waals surface area (Å²) in [6, 6.07) is 15.3. The quantitative estimate of drug-likeness (QED) is 0.783. The number of nitrogen functional groups attached to an aromatic ring is 1. The number of nitrogens with two attached hydrogens (primary N) is 1. The van der Waals surface area contributed by atoms with Gasteiger partial charge in [-0.2, -0.15) is 0 Å². The van der Waals surface area contributed by atoms with Crippen LogP contribution in [0.5, 0.6) is 5.75 Å². The highest BCUT2D eigenvalue weighted by Gasteiger charge is 2.32. The molecule has 1 heterocycles. The zero-order valence-corrected chi connectivity index (χ0v) is 12.0. The Morgan fingerprint density at radius 1 is 0.957 bits per heavy atom. The SMILES string of the molecule is Nc1nc2ccccc2cc1Cc1ccccc1OC(F)(F)F. The molecule has 1 aromatic heterocycles. The molecule has 6 heteroatoms. The summed E-state index contributed by atoms with van der Waals surface area (Å²) < 4.78 is 41.5. The predicted molar refractivity (Wildman–Crippen MR) is 82.1 cm³/mol. The van der Waals surface area contributed by atoms with Gasteiger partial charge in [0, 0.05) is 11.8 Å². The van der Waals surface area contributed by atoms with Crippen molar-refractivity contribution in [2.24, 2.45) is 0 Å². The molecule has 0 amide bonds. The van der Waals surface area contributed by atoms with E-state index in [-0.39, 0.29) is 12.2 Å². The Morgan fingerprint density at radius 3 is 2.43 bits per heavy atom. The van der Waals surface area contributed by atoms with Gasteiger partial charge < -0.3 is 10.5 Å². The highest BCUT2D eigenvalue weighted by atomic mass is 19.4. The van der Waals surface area contributed by atoms with E-state index >= 15 is 0 Å². The van der Waals surface area contributed by atoms with Crippen molar-refractivity contribution in [2.75, 3.05) is 5.73 Å². The molecule has 3 rings (SSSR count). The van der Waals surface area contributed by atoms with E-state index < -0.39 is 6.36 Å². The summed E-state index contributed by atoms with van der Waals surface area (Å²) in [6.45, 7) is 0. The summed E-state index contributed by atoms with van der Waals surface area (Å²) in [4.78, 5) is 4.29. The number of alkyl halides is 3. The number of rotatable bonds is 3. The molecule has 3 aromatic rings. The summed E-state index contributed by atoms with van der Waals surface area (Å²) >= 11 is 0. The fraction of sp³-hybridized carbons (Fsp3) is 0.118. The standard InChI is InChI=1S/C17H13F3N2O/c18-17(19,20)23-15-8-4-2-6-12(15)10-13-9-11-5-1-3-7-14(11)22-16(13)21/h1-9H,10H2,(H2,21,22). The van der Waals surface area contributed by atoms with E-state index in [2.05, 4.69) is 9.72 Å². The lowest BCUT2D eigenvalue weighted by Gasteiger charge is -2.14. The number of nitrogens with zero attached hydrogens (tertiary/aromatic N) is 1. The van der Waals surface area contributed by atoms with E-state index in [1.54, 1.807) is 12.1 Å². The molecule has 3 nitrogen and oxygen atoms in total. The number of pyridine rings is 1. The maximum Gasteiger partial charge on any atom is 0.573 e. The van der Waals surface area contributed by atoms with Gasteiger partial charge in [-0.15, -0.1) is 13.2 Å². The lowest BCUT2D eigenvalue weighted by atomic mass is 10.0. The van der Waals surface area contributed by atoms with Crippen LogP contribution in [-0.2, 0) is 6.42 Å². The van der Waals surface area contributed by atoms with Crippen molar-refractivity contribution < 1.29 is 17.9 Å². The first-order valence-corrected chi connectivity index (χ1v) is 6.90. The number of aromatic nitrogens is 1. The Morgan fingerprint density at radius 2 is 1.65 bits per heavy atom. The van der Waals surface area contributed by atoms with Crippen LogP contribution in [0.4, 0.5) is 19.0 Å². The average molecular weight is 318 g/mol. The molecule has 0 saturated heterocycles. The van der Waals surface area contributed by atoms with Crippen molar-refractivity contribution in [3.05, 3.63) is 65.7 Å². The second-order valence-corrected chi connectivity index (χ2v) is 5.06. The van der Waals surface area contributed by atoms with Gasteiger partial charge in [-0.05, 0) is 29.3 Å². The molecule has 0 aliphatic rings. The summed E-state index contributed by atoms with van der Waals surface area (Å²) in [5.74, 6) is 0.0677. The molecule has 0 aliphatic carbocycles. The van der Waals surface area contributed by atoms with Gasteiger partial charge in [-0.1, -0.05) is 36.4 Å². The molecule has 0 unspecified atom stereocenters. The fourth-order valence-electron chi connectivity index (χ4n) is 2.40. The molecule has 0 spiro atoms. The molecule has 118 valence electrons. The van der Waals surface area contributed by atoms with E-state index in [0.717, 1.165) is 10.9 Å². The molecule has 2 aromatic carbocycles. The van der Waals surface area contributed by atoms with Gasteiger partial charge in [0.1, 0.15) is 11.6 Å². The number of anilines is 1. The molecule has 0 fully saturated rings. The topological polar surface area (TPSA) is 48.1 Å². The molecule has 2 N–H and O–H groups in total. The summed E-state index contributed by atoms with van der Waals surface area (Å²) in [5.41, 5.74) is 7.73. The van der Waals surface area contributed by atoms with E-state index in [4.69, 9.17) is 5.73 Å². The first kappa shape index (κ1) is 15.1. The van der Waals surface area contributed by atoms with Crippen molar-refractivity contribution >= 4 is 16.7 Å². The highest BCUT2D eigenvalue weighted by Crippen LogP contribution is 2.29. The molecule has 0 atom stereocenters. The van der Waals surface area contributed by atoms with Crippen molar-refractivity contribution in [3.8, 4) is 5.75 Å². The molecule has 0 aliphatic heterocycles. The number of halogens is 3. The van der Waals surface area contributed by atoms with Gasteiger partial charge in [0.25, 0.3) is 0 Å². The Kier molecular flexibility index (Phi) is 3.82. The monoisotopic (exact) mass is 318 g/mol. The van der Waals surface area contributed by atoms with Crippen molar-refractivity contribution in [3.63, 3.8) is 0 Å². The zero-order valence-electron chi connectivity index (χ0n) is 12.0. The van der Waals surface area contributed by atoms with Crippen LogP contribution in [0.2, 0.25) is 0 Å². The van der Waals surface area contributed by atoms with Crippen LogP contribution in [0.3, 0.4) is 0 Å². The number of ether oxygens (including phenoxy) is 1. The largest absolute Gasteiger partial charge is 0.573 e. The zero-order chi connectivity index (χ0) is 16.4. The Balaban J connectivity index is 1.98. The van der Waals surface area contributed by atoms with Crippen LogP contribution < -0.4 is 10.5 Å². The summed E-state index contributed by atoms with van der Waals surface area (Å²) in [7, 11) is 0. The van der Waals surface area contributed by atoms with Gasteiger partial charge in [-0.3, -0.25) is 0 Å². The van der Waals surface area contributed by atoms with Crippen LogP contribution in [0.25, 0.3) is 10.9 Å². The second-order valence-electron chi connectivity index (χ2n) is 5.06. The minimum Gasteiger partial charge on any atom is -0.405 e. The fourth-order valence-corrected chi connectivity index (χ4v) is 2.40. The maximum atomic E-state index is 12.5. The minimum atomic E-state index is -4.73. The number of fused-ring (bicyclic) bond motifs is 1. The normalized spacial score (nSPS) is 11.6. The van der Waals surface area contributed by atoms with Gasteiger partial charge in [0.2, 0.25) is 0 Å². The average Bonchev–Trinajstić information content (AvgIpc) is 2.48. The van der Waals surface area contributed by atoms with Crippen molar-refractivity contribution in [1.82, 2.24) is 4.98 Å². The van der Waals surface area contributed by atoms with E-state index in [0.29, 0.717) is 16.9 Å². The van der Waals surface area contributed by atoms with Crippen LogP contribution in [0.15, 0.2) is 54.6 Å². The molecular weight excluding hydrogens is 305 g/mol. The maximum absolute atomic E-state index is 12.5. The minimum absolute atomic E-state index is 0.204. The number of para-hydroxylation sites is 2. The van der Waals surface area contributed by atoms with Gasteiger partial charge >= 0.3 is 6.36 Å². The van der Waals surface area contributed by atoms with Gasteiger partial charge in [-0.25, -0.2) is 4.98 Å². The Hall–Kier alpha value is -2.76. The summed E-state index contributed by atoms with van der Waals surface area (Å²) in [5, 5.41) is 0.880. The third-order valence-electron chi connectivity index (χ3n) is 3.42. The van der Waals surface area contributed by atoms with Gasteiger partial charge in [0.15, 0.2) is 0 Å². The van der Waals surface area contributed by atoms with Crippen molar-refractivity contribution in [2.45, 2.75) is 12.8 Å². The first-order chi connectivity index (χ1) is 10.9. The lowest BCUT2D eigenvalue weighted by molar-refractivity contribution is -0.274. The predicted octanol–water partition coefficient (Wildman–Crippen LogP) is 4.31. The van der Waals surface area contributed by atoms with E-state index in [9.17, 15) is 13.2 Å². The lowest BCUT2D eigenvalue weighted by Crippen LogP contribution is -2.18. The van der Waals surface area contributed by atoms with Crippen LogP contribution >= 0.6 is 0 Å². The Labute approximate surface area is 130 Å². The van der Waals surface area contributed by atoms with Crippen LogP contribution in [-0.4, -0.2) is 11.3 Å². The third-order valence-corrected chi connectivity index (χ3v) is 3.42. The molecule has 0 saturated carbocycles. The van der Waals surface area contributed by atoms with E-state index in [1.807, 2.05) is 30.3 Å². The number of benzene rings is 2. The Bertz CT molecular complexity index is 847. The molecule has 0 bridgehead atoms. The summed E-state index contributed by atoms with van der Waals surface area (Å²) in [6.07, 6.45) is -4.53. The smallest absolute Gasteiger partial charge is 0.405 e. The highest BCUT2D eigenvalue weighted by molar-refractivity contribution is 5.81. The number of hydrogen-bond donors (Lipinski definition) is 1. The number of hydrogen-bond acceptors (Lipinski definition) is 3. The molecular formula is C17H13F3N2O. The third kappa shape index (κ3) is 3.53. The first-order valence-electron chi connectivity index (χ1n) is 6.90. The molecule has 23 heavy (non-hydrogen) atoms.